The summed E-state index contributed by atoms with van der Waals surface area (Å²) in [5.74, 6) is 0. The topological polar surface area (TPSA) is 66.4 Å². The second-order valence-corrected chi connectivity index (χ2v) is 5.34. The van der Waals surface area contributed by atoms with Gasteiger partial charge >= 0.3 is 0 Å². The van der Waals surface area contributed by atoms with Crippen molar-refractivity contribution in [1.29, 1.82) is 0 Å². The Balaban J connectivity index is 0.000000384. The number of pyridine rings is 3. The average molecular weight is 386 g/mol. The maximum absolute atomic E-state index is 4.90. The zero-order chi connectivity index (χ0) is 19.6. The lowest BCUT2D eigenvalue weighted by molar-refractivity contribution is 0.181. The van der Waals surface area contributed by atoms with Crippen LogP contribution in [0.5, 0.6) is 0 Å². The molecule has 152 valence electrons. The Morgan fingerprint density at radius 2 is 1.32 bits per heavy atom. The molecule has 0 amide bonds. The van der Waals surface area contributed by atoms with Gasteiger partial charge < -0.3 is 14.2 Å². The fourth-order valence-electron chi connectivity index (χ4n) is 1.93. The molecule has 0 bridgehead atoms. The van der Waals surface area contributed by atoms with Crippen molar-refractivity contribution in [3.63, 3.8) is 0 Å². The summed E-state index contributed by atoms with van der Waals surface area (Å²) < 4.78 is 14.7. The fraction of sp³-hybridized carbons (Fsp3) is 0.318. The highest BCUT2D eigenvalue weighted by Gasteiger charge is 1.87. The molecule has 3 heterocycles. The molecule has 0 radical (unpaired) electrons. The van der Waals surface area contributed by atoms with Gasteiger partial charge in [0.15, 0.2) is 0 Å². The van der Waals surface area contributed by atoms with Gasteiger partial charge in [0.25, 0.3) is 0 Å². The van der Waals surface area contributed by atoms with E-state index in [1.54, 1.807) is 52.3 Å². The second kappa shape index (κ2) is 17.7. The van der Waals surface area contributed by atoms with Crippen LogP contribution in [-0.2, 0) is 34.0 Å². The third-order valence-electron chi connectivity index (χ3n) is 3.11. The summed E-state index contributed by atoms with van der Waals surface area (Å²) in [4.78, 5) is 11.8. The molecule has 6 heteroatoms. The molecule has 0 saturated heterocycles. The van der Waals surface area contributed by atoms with Gasteiger partial charge in [-0.05, 0) is 41.5 Å². The van der Waals surface area contributed by atoms with Crippen molar-refractivity contribution in [3.05, 3.63) is 90.3 Å². The van der Waals surface area contributed by atoms with Crippen LogP contribution >= 0.6 is 0 Å². The molecule has 6 nitrogen and oxygen atoms in total. The maximum Gasteiger partial charge on any atom is 0.0884 e. The van der Waals surface area contributed by atoms with Crippen LogP contribution < -0.4 is 0 Å². The largest absolute Gasteiger partial charge is 0.380 e. The Hall–Kier alpha value is -2.67. The molecule has 0 unspecified atom stereocenters. The Labute approximate surface area is 168 Å². The molecule has 0 saturated carbocycles. The highest BCUT2D eigenvalue weighted by molar-refractivity contribution is 5.08. The van der Waals surface area contributed by atoms with E-state index in [4.69, 9.17) is 14.2 Å². The van der Waals surface area contributed by atoms with E-state index in [0.717, 1.165) is 16.8 Å². The van der Waals surface area contributed by atoms with Gasteiger partial charge in [-0.25, -0.2) is 0 Å². The van der Waals surface area contributed by atoms with Crippen LogP contribution in [0.3, 0.4) is 0 Å². The smallest absolute Gasteiger partial charge is 0.0884 e. The van der Waals surface area contributed by atoms with Gasteiger partial charge in [0.05, 0.1) is 25.5 Å². The molecule has 0 aliphatic rings. The van der Waals surface area contributed by atoms with Gasteiger partial charge in [0, 0.05) is 52.3 Å². The molecule has 0 atom stereocenters. The first-order valence-corrected chi connectivity index (χ1v) is 8.44. The zero-order valence-electron chi connectivity index (χ0n) is 16.1. The molecule has 0 aliphatic heterocycles. The molecule has 0 spiro atoms. The van der Waals surface area contributed by atoms with E-state index in [1.165, 1.54) is 0 Å². The van der Waals surface area contributed by atoms with Crippen LogP contribution in [0.25, 0.3) is 0 Å². The van der Waals surface area contributed by atoms with Crippen molar-refractivity contribution in [3.8, 4) is 0 Å². The predicted octanol–water partition coefficient (Wildman–Crippen LogP) is 4.32. The standard InChI is InChI=1S/3C7H9NO.CH4/c1-9-6-7-2-4-8-5-3-7;1-9-6-7-3-2-4-8-5-7;1-9-6-7-4-2-3-5-8-7;/h3*2-5H,6H2,1H3;1H4. The molecule has 3 aromatic rings. The van der Waals surface area contributed by atoms with Crippen LogP contribution in [0.4, 0.5) is 0 Å². The minimum atomic E-state index is 0. The predicted molar refractivity (Wildman–Crippen MR) is 112 cm³/mol. The van der Waals surface area contributed by atoms with E-state index in [-0.39, 0.29) is 7.43 Å². The summed E-state index contributed by atoms with van der Waals surface area (Å²) in [6.07, 6.45) is 8.82. The number of ether oxygens (including phenoxy) is 3. The molecule has 0 aliphatic carbocycles. The number of hydrogen-bond donors (Lipinski definition) is 0. The summed E-state index contributed by atoms with van der Waals surface area (Å²) in [6, 6.07) is 13.5. The number of hydrogen-bond acceptors (Lipinski definition) is 6. The molecule has 3 aromatic heterocycles. The first-order valence-electron chi connectivity index (χ1n) is 8.44. The fourth-order valence-corrected chi connectivity index (χ4v) is 1.93. The van der Waals surface area contributed by atoms with Gasteiger partial charge in [-0.2, -0.15) is 0 Å². The molecular weight excluding hydrogens is 354 g/mol. The molecule has 0 N–H and O–H groups in total. The Morgan fingerprint density at radius 3 is 1.86 bits per heavy atom. The molecule has 28 heavy (non-hydrogen) atoms. The maximum atomic E-state index is 4.90. The summed E-state index contributed by atoms with van der Waals surface area (Å²) >= 11 is 0. The lowest BCUT2D eigenvalue weighted by atomic mass is 10.3. The minimum Gasteiger partial charge on any atom is -0.380 e. The van der Waals surface area contributed by atoms with Gasteiger partial charge in [-0.15, -0.1) is 0 Å². The van der Waals surface area contributed by atoms with Crippen molar-refractivity contribution < 1.29 is 14.2 Å². The monoisotopic (exact) mass is 385 g/mol. The van der Waals surface area contributed by atoms with Gasteiger partial charge in [0.1, 0.15) is 0 Å². The second-order valence-electron chi connectivity index (χ2n) is 5.34. The minimum absolute atomic E-state index is 0. The highest BCUT2D eigenvalue weighted by atomic mass is 16.5. The quantitative estimate of drug-likeness (QED) is 0.629. The Morgan fingerprint density at radius 1 is 0.643 bits per heavy atom. The third-order valence-corrected chi connectivity index (χ3v) is 3.11. The van der Waals surface area contributed by atoms with E-state index < -0.39 is 0 Å². The van der Waals surface area contributed by atoms with Crippen LogP contribution in [0.2, 0.25) is 0 Å². The highest BCUT2D eigenvalue weighted by Crippen LogP contribution is 1.96. The first kappa shape index (κ1) is 25.3. The van der Waals surface area contributed by atoms with Crippen molar-refractivity contribution >= 4 is 0 Å². The Bertz CT molecular complexity index is 584. The van der Waals surface area contributed by atoms with E-state index in [0.29, 0.717) is 19.8 Å². The summed E-state index contributed by atoms with van der Waals surface area (Å²) in [6.45, 7) is 1.91. The lowest BCUT2D eigenvalue weighted by Gasteiger charge is -1.94. The van der Waals surface area contributed by atoms with Crippen molar-refractivity contribution in [2.45, 2.75) is 27.2 Å². The number of nitrogens with zero attached hydrogens (tertiary/aromatic N) is 3. The summed E-state index contributed by atoms with van der Waals surface area (Å²) in [5, 5.41) is 0. The van der Waals surface area contributed by atoms with Gasteiger partial charge in [-0.3, -0.25) is 15.0 Å². The van der Waals surface area contributed by atoms with Crippen LogP contribution in [0, 0.1) is 0 Å². The van der Waals surface area contributed by atoms with Crippen LogP contribution in [-0.4, -0.2) is 36.3 Å². The zero-order valence-corrected chi connectivity index (χ0v) is 16.1. The average Bonchev–Trinajstić information content (AvgIpc) is 2.72. The van der Waals surface area contributed by atoms with E-state index >= 15 is 0 Å². The molecule has 3 rings (SSSR count). The van der Waals surface area contributed by atoms with Gasteiger partial charge in [0.2, 0.25) is 0 Å². The normalized spacial score (nSPS) is 9.11. The van der Waals surface area contributed by atoms with Crippen molar-refractivity contribution in [2.24, 2.45) is 0 Å². The summed E-state index contributed by atoms with van der Waals surface area (Å²) in [7, 11) is 5.02. The van der Waals surface area contributed by atoms with E-state index in [2.05, 4.69) is 15.0 Å². The lowest BCUT2D eigenvalue weighted by Crippen LogP contribution is -1.88. The van der Waals surface area contributed by atoms with Crippen molar-refractivity contribution in [2.75, 3.05) is 21.3 Å². The van der Waals surface area contributed by atoms with E-state index in [9.17, 15) is 0 Å². The SMILES string of the molecule is C.COCc1ccccn1.COCc1cccnc1.COCc1ccncc1. The third kappa shape index (κ3) is 12.6. The van der Waals surface area contributed by atoms with Crippen LogP contribution in [0.15, 0.2) is 73.4 Å². The molecular formula is C22H31N3O3. The number of methoxy groups -OCH3 is 3. The van der Waals surface area contributed by atoms with E-state index in [1.807, 2.05) is 42.5 Å². The number of rotatable bonds is 6. The summed E-state index contributed by atoms with van der Waals surface area (Å²) in [5.41, 5.74) is 3.24. The number of aromatic nitrogens is 3. The molecule has 0 aromatic carbocycles. The molecule has 0 fully saturated rings. The Kier molecular flexibility index (Phi) is 16.0. The van der Waals surface area contributed by atoms with Crippen molar-refractivity contribution in [1.82, 2.24) is 15.0 Å². The first-order chi connectivity index (χ1) is 13.3. The van der Waals surface area contributed by atoms with Gasteiger partial charge in [-0.1, -0.05) is 19.6 Å². The van der Waals surface area contributed by atoms with Crippen LogP contribution in [0.1, 0.15) is 24.2 Å².